The van der Waals surface area contributed by atoms with E-state index in [0.717, 1.165) is 6.42 Å². The van der Waals surface area contributed by atoms with Gasteiger partial charge in [-0.3, -0.25) is 6.08 Å². The van der Waals surface area contributed by atoms with Gasteiger partial charge in [0.1, 0.15) is 0 Å². The topological polar surface area (TPSA) is 0 Å². The molecule has 0 aromatic rings. The van der Waals surface area contributed by atoms with Crippen LogP contribution in [0.4, 0.5) is 0 Å². The Morgan fingerprint density at radius 3 is 1.80 bits per heavy atom. The molecule has 0 nitrogen and oxygen atoms in total. The molecule has 0 saturated heterocycles. The molecule has 0 fully saturated rings. The third-order valence-electron chi connectivity index (χ3n) is 0.586. The van der Waals surface area contributed by atoms with Crippen LogP contribution in [0.3, 0.4) is 0 Å². The van der Waals surface area contributed by atoms with Crippen molar-refractivity contribution in [2.75, 3.05) is 0 Å². The molecule has 0 spiro atoms. The largest absolute Gasteiger partial charge is 3.00 e. The van der Waals surface area contributed by atoms with E-state index < -0.39 is 0 Å². The first-order valence-corrected chi connectivity index (χ1v) is 1.72. The molecule has 1 rings (SSSR count). The summed E-state index contributed by atoms with van der Waals surface area (Å²) in [4.78, 5) is 0. The maximum Gasteiger partial charge on any atom is 3.00 e. The average molecular weight is 254 g/mol. The second kappa shape index (κ2) is 22.5. The summed E-state index contributed by atoms with van der Waals surface area (Å²) in [6.07, 6.45) is 10.0. The van der Waals surface area contributed by atoms with Gasteiger partial charge in [0, 0.05) is 0 Å². The Bertz CT molecular complexity index is 71.7. The van der Waals surface area contributed by atoms with Gasteiger partial charge >= 0.3 is 26.2 Å². The molecular formula is C7H15ClSiZr. The summed E-state index contributed by atoms with van der Waals surface area (Å²) in [5.74, 6) is 0. The molecule has 0 N–H and O–H groups in total. The Morgan fingerprint density at radius 2 is 1.70 bits per heavy atom. The van der Waals surface area contributed by atoms with E-state index in [9.17, 15) is 0 Å². The van der Waals surface area contributed by atoms with Crippen LogP contribution in [0.25, 0.3) is 0 Å². The zero-order chi connectivity index (χ0) is 3.54. The first kappa shape index (κ1) is 30.7. The number of rotatable bonds is 0. The normalized spacial score (nSPS) is 8.80. The van der Waals surface area contributed by atoms with Crippen molar-refractivity contribution in [2.24, 2.45) is 0 Å². The van der Waals surface area contributed by atoms with Gasteiger partial charge in [0.25, 0.3) is 0 Å². The summed E-state index contributed by atoms with van der Waals surface area (Å²) in [5, 5.41) is 0. The van der Waals surface area contributed by atoms with Gasteiger partial charge in [-0.2, -0.15) is 6.08 Å². The summed E-state index contributed by atoms with van der Waals surface area (Å²) < 4.78 is 0. The fourth-order valence-electron chi connectivity index (χ4n) is 0.340. The van der Waals surface area contributed by atoms with E-state index in [0.29, 0.717) is 0 Å². The van der Waals surface area contributed by atoms with Crippen molar-refractivity contribution in [2.45, 2.75) is 6.42 Å². The zero-order valence-electron chi connectivity index (χ0n) is 6.85. The predicted molar refractivity (Wildman–Crippen MR) is 51.6 cm³/mol. The van der Waals surface area contributed by atoms with Crippen LogP contribution < -0.4 is 0 Å². The Morgan fingerprint density at radius 1 is 1.20 bits per heavy atom. The predicted octanol–water partition coefficient (Wildman–Crippen LogP) is 1.44. The molecule has 3 heteroatoms. The van der Waals surface area contributed by atoms with Gasteiger partial charge in [0.15, 0.2) is 0 Å². The molecule has 0 amide bonds. The van der Waals surface area contributed by atoms with Crippen molar-refractivity contribution in [3.05, 3.63) is 39.2 Å². The van der Waals surface area contributed by atoms with E-state index in [4.69, 9.17) is 0 Å². The monoisotopic (exact) mass is 252 g/mol. The molecule has 10 heavy (non-hydrogen) atoms. The minimum Gasteiger partial charge on any atom is -0.358 e. The summed E-state index contributed by atoms with van der Waals surface area (Å²) in [7, 11) is 0. The molecule has 58 valence electrons. The van der Waals surface area contributed by atoms with Crippen LogP contribution in [-0.2, 0) is 26.2 Å². The van der Waals surface area contributed by atoms with Crippen LogP contribution in [0, 0.1) is 20.9 Å². The van der Waals surface area contributed by atoms with Gasteiger partial charge < -0.3 is 14.9 Å². The standard InChI is InChI=1S/C5H5.2CH3.ClH.H3Si.Zr/c1-2-4-5-3-1;;;;;/h1-3H,4H2;2*1H3;1H;1H3;/q3*-1;;;+3. The average Bonchev–Trinajstić information content (AvgIpc) is 1.76. The Balaban J connectivity index is -0.0000000167. The zero-order valence-corrected chi connectivity index (χ0v) is 12.1. The van der Waals surface area contributed by atoms with E-state index in [-0.39, 0.29) is 64.4 Å². The van der Waals surface area contributed by atoms with Gasteiger partial charge in [0.05, 0.1) is 0 Å². The first-order chi connectivity index (χ1) is 2.50. The van der Waals surface area contributed by atoms with E-state index >= 15 is 0 Å². The van der Waals surface area contributed by atoms with Gasteiger partial charge in [-0.25, -0.2) is 12.2 Å². The minimum atomic E-state index is 0. The Labute approximate surface area is 94.7 Å². The van der Waals surface area contributed by atoms with Crippen LogP contribution in [-0.4, -0.2) is 11.0 Å². The SMILES string of the molecule is Cl.[C-]1=CC=CC1.[CH3-].[CH3-].[SiH3].[Zr+3]. The van der Waals surface area contributed by atoms with Crippen molar-refractivity contribution in [3.8, 4) is 0 Å². The molecule has 0 aromatic carbocycles. The van der Waals surface area contributed by atoms with Crippen molar-refractivity contribution in [1.29, 1.82) is 0 Å². The summed E-state index contributed by atoms with van der Waals surface area (Å²) in [6.45, 7) is 0. The molecule has 0 aromatic heterocycles. The fourth-order valence-corrected chi connectivity index (χ4v) is 0.340. The molecule has 0 heterocycles. The molecule has 2 radical (unpaired) electrons. The first-order valence-electron chi connectivity index (χ1n) is 1.72. The van der Waals surface area contributed by atoms with Crippen LogP contribution >= 0.6 is 12.4 Å². The molecule has 0 saturated carbocycles. The quantitative estimate of drug-likeness (QED) is 0.453. The molecule has 1 aliphatic rings. The molecule has 0 unspecified atom stereocenters. The van der Waals surface area contributed by atoms with Crippen molar-refractivity contribution in [1.82, 2.24) is 0 Å². The third kappa shape index (κ3) is 15.9. The van der Waals surface area contributed by atoms with Gasteiger partial charge in [-0.15, -0.1) is 18.8 Å². The van der Waals surface area contributed by atoms with Crippen LogP contribution in [0.15, 0.2) is 18.2 Å². The summed E-state index contributed by atoms with van der Waals surface area (Å²) >= 11 is 0. The van der Waals surface area contributed by atoms with E-state index in [1.165, 1.54) is 0 Å². The molecular weight excluding hydrogens is 239 g/mol. The third-order valence-corrected chi connectivity index (χ3v) is 0.586. The van der Waals surface area contributed by atoms with Crippen molar-refractivity contribution in [3.63, 3.8) is 0 Å². The maximum atomic E-state index is 2.99. The second-order valence-electron chi connectivity index (χ2n) is 1.00. The van der Waals surface area contributed by atoms with Crippen LogP contribution in [0.5, 0.6) is 0 Å². The van der Waals surface area contributed by atoms with Gasteiger partial charge in [-0.05, 0) is 11.0 Å². The molecule has 1 aliphatic carbocycles. The van der Waals surface area contributed by atoms with Gasteiger partial charge in [0.2, 0.25) is 0 Å². The van der Waals surface area contributed by atoms with E-state index in [1.54, 1.807) is 0 Å². The number of hydrogen-bond acceptors (Lipinski definition) is 0. The van der Waals surface area contributed by atoms with Crippen LogP contribution in [0.2, 0.25) is 0 Å². The molecule has 0 atom stereocenters. The smallest absolute Gasteiger partial charge is 0.358 e. The summed E-state index contributed by atoms with van der Waals surface area (Å²) in [6, 6.07) is 0. The van der Waals surface area contributed by atoms with Gasteiger partial charge in [-0.1, -0.05) is 0 Å². The summed E-state index contributed by atoms with van der Waals surface area (Å²) in [5.41, 5.74) is 0. The number of hydrogen-bond donors (Lipinski definition) is 0. The maximum absolute atomic E-state index is 2.99. The van der Waals surface area contributed by atoms with Crippen LogP contribution in [0.1, 0.15) is 6.42 Å². The van der Waals surface area contributed by atoms with Crippen molar-refractivity contribution >= 4 is 23.4 Å². The Hall–Kier alpha value is 0.870. The molecule has 0 bridgehead atoms. The minimum absolute atomic E-state index is 0. The number of allylic oxidation sites excluding steroid dienone is 4. The number of halogens is 1. The van der Waals surface area contributed by atoms with E-state index in [1.807, 2.05) is 12.2 Å². The van der Waals surface area contributed by atoms with E-state index in [2.05, 4.69) is 12.2 Å². The Kier molecular flexibility index (Phi) is 69.3. The fraction of sp³-hybridized carbons (Fsp3) is 0.143. The molecule has 0 aliphatic heterocycles. The van der Waals surface area contributed by atoms with Crippen molar-refractivity contribution < 1.29 is 26.2 Å². The second-order valence-corrected chi connectivity index (χ2v) is 1.00.